The van der Waals surface area contributed by atoms with Gasteiger partial charge in [-0.3, -0.25) is 0 Å². The van der Waals surface area contributed by atoms with Crippen molar-refractivity contribution in [2.45, 2.75) is 16.2 Å². The number of alkyl halides is 9. The van der Waals surface area contributed by atoms with Gasteiger partial charge < -0.3 is 0 Å². The van der Waals surface area contributed by atoms with Crippen molar-refractivity contribution >= 4 is 31.1 Å². The molecule has 0 aromatic rings. The van der Waals surface area contributed by atoms with E-state index in [9.17, 15) is 30.7 Å². The zero-order valence-corrected chi connectivity index (χ0v) is 7.76. The van der Waals surface area contributed by atoms with E-state index < -0.39 is 24.1 Å². The maximum atomic E-state index is 12.2. The molecule has 0 rings (SSSR count). The second-order valence-electron chi connectivity index (χ2n) is 1.74. The van der Waals surface area contributed by atoms with Crippen LogP contribution in [0.15, 0.2) is 0 Å². The Kier molecular flexibility index (Phi) is 3.73. The molecule has 0 saturated carbocycles. The maximum absolute atomic E-state index is 12.2. The number of hydrogen-bond acceptors (Lipinski definition) is 0. The molecule has 0 spiro atoms. The van der Waals surface area contributed by atoms with Gasteiger partial charge in [0.2, 0.25) is 0 Å². The molecule has 0 saturated heterocycles. The smallest absolute Gasteiger partial charge is 0.202 e. The Morgan fingerprint density at radius 2 is 0.923 bits per heavy atom. The molecular weight excluding hydrogens is 271 g/mol. The van der Waals surface area contributed by atoms with Gasteiger partial charge in [0.1, 0.15) is 0 Å². The van der Waals surface area contributed by atoms with Gasteiger partial charge in [-0.15, -0.1) is 0 Å². The first-order valence-corrected chi connectivity index (χ1v) is 4.47. The average molecular weight is 271 g/mol. The minimum Gasteiger partial charge on any atom is -0.202 e. The van der Waals surface area contributed by atoms with Crippen LogP contribution in [0.2, 0.25) is 0 Å². The molecule has 0 unspecified atom stereocenters. The Labute approximate surface area is 78.7 Å². The van der Waals surface area contributed by atoms with E-state index in [1.54, 1.807) is 0 Å². The van der Waals surface area contributed by atoms with Crippen LogP contribution in [0.4, 0.5) is 30.7 Å². The highest BCUT2D eigenvalue weighted by molar-refractivity contribution is 7.65. The molecule has 0 radical (unpaired) electrons. The van der Waals surface area contributed by atoms with Gasteiger partial charge in [0, 0.05) is 0 Å². The van der Waals surface area contributed by atoms with Crippen molar-refractivity contribution in [2.75, 3.05) is 0 Å². The van der Waals surface area contributed by atoms with Crippen molar-refractivity contribution in [3.8, 4) is 0 Å². The van der Waals surface area contributed by atoms with Crippen LogP contribution in [0.1, 0.15) is 0 Å². The zero-order chi connectivity index (χ0) is 11.1. The Morgan fingerprint density at radius 1 is 0.692 bits per heavy atom. The van der Waals surface area contributed by atoms with Gasteiger partial charge in [-0.25, -0.2) is 4.39 Å². The van der Waals surface area contributed by atoms with Crippen molar-refractivity contribution in [1.29, 1.82) is 0 Å². The van der Waals surface area contributed by atoms with Crippen molar-refractivity contribution < 1.29 is 30.7 Å². The first-order valence-electron chi connectivity index (χ1n) is 2.37. The Hall–Kier alpha value is 0.520. The summed E-state index contributed by atoms with van der Waals surface area (Å²) in [6, 6.07) is 0. The summed E-state index contributed by atoms with van der Waals surface area (Å²) in [4.78, 5) is 0. The summed E-state index contributed by atoms with van der Waals surface area (Å²) in [5.74, 6) is -11.6. The average Bonchev–Trinajstić information content (AvgIpc) is 1.44. The molecule has 0 aromatic heterocycles. The lowest BCUT2D eigenvalue weighted by Gasteiger charge is -2.26. The van der Waals surface area contributed by atoms with E-state index in [0.717, 1.165) is 0 Å². The fourth-order valence-electron chi connectivity index (χ4n) is 0.431. The summed E-state index contributed by atoms with van der Waals surface area (Å²) in [5.41, 5.74) is 0. The summed E-state index contributed by atoms with van der Waals surface area (Å²) in [7, 11) is -5.12. The van der Waals surface area contributed by atoms with E-state index in [0.29, 0.717) is 0 Å². The van der Waals surface area contributed by atoms with Crippen LogP contribution in [-0.2, 0) is 0 Å². The Balaban J connectivity index is 5.02. The van der Waals surface area contributed by atoms with Crippen LogP contribution in [0.25, 0.3) is 0 Å². The minimum atomic E-state index is -5.81. The molecule has 0 aliphatic rings. The van der Waals surface area contributed by atoms with Gasteiger partial charge in [-0.1, -0.05) is 23.2 Å². The quantitative estimate of drug-likeness (QED) is 0.372. The van der Waals surface area contributed by atoms with E-state index in [4.69, 9.17) is 0 Å². The van der Waals surface area contributed by atoms with Gasteiger partial charge in [0.15, 0.2) is 7.92 Å². The van der Waals surface area contributed by atoms with Crippen LogP contribution in [0, 0.1) is 0 Å². The van der Waals surface area contributed by atoms with Gasteiger partial charge in [-0.2, -0.15) is 26.3 Å². The number of hydrogen-bond donors (Lipinski definition) is 0. The summed E-state index contributed by atoms with van der Waals surface area (Å²) < 4.78 is 77.5. The Morgan fingerprint density at radius 3 is 0.923 bits per heavy atom. The van der Waals surface area contributed by atoms with Gasteiger partial charge in [0.05, 0.1) is 0 Å². The van der Waals surface area contributed by atoms with Crippen LogP contribution in [0.3, 0.4) is 0 Å². The second kappa shape index (κ2) is 3.59. The molecule has 0 N–H and O–H groups in total. The second-order valence-corrected chi connectivity index (χ2v) is 5.80. The highest BCUT2D eigenvalue weighted by Gasteiger charge is 2.67. The maximum Gasteiger partial charge on any atom is 0.419 e. The molecule has 0 amide bonds. The van der Waals surface area contributed by atoms with Crippen LogP contribution in [-0.4, -0.2) is 16.2 Å². The lowest BCUT2D eigenvalue weighted by Crippen LogP contribution is -2.26. The van der Waals surface area contributed by atoms with Crippen LogP contribution < -0.4 is 0 Å². The fourth-order valence-corrected chi connectivity index (χ4v) is 2.44. The normalized spacial score (nSPS) is 15.2. The highest BCUT2D eigenvalue weighted by Crippen LogP contribution is 2.74. The number of halogens is 9. The van der Waals surface area contributed by atoms with Crippen LogP contribution >= 0.6 is 31.1 Å². The molecule has 0 fully saturated rings. The van der Waals surface area contributed by atoms with Crippen molar-refractivity contribution in [3.63, 3.8) is 0 Å². The Bertz CT molecular complexity index is 144. The molecule has 0 aromatic carbocycles. The van der Waals surface area contributed by atoms with Gasteiger partial charge in [-0.05, 0) is 0 Å². The molecule has 0 nitrogen and oxygen atoms in total. The van der Waals surface area contributed by atoms with E-state index >= 15 is 0 Å². The standard InChI is InChI=1S/C3Cl2F7P/c4-1(5,6)13(2(7,8)9)3(10,11)12. The van der Waals surface area contributed by atoms with E-state index in [1.807, 2.05) is 0 Å². The van der Waals surface area contributed by atoms with Gasteiger partial charge >= 0.3 is 11.8 Å². The molecule has 0 aliphatic heterocycles. The lowest BCUT2D eigenvalue weighted by atomic mass is 11.5. The SMILES string of the molecule is FC(F)(F)P(C(F)(F)F)C(F)(Cl)Cl. The van der Waals surface area contributed by atoms with Crippen molar-refractivity contribution in [2.24, 2.45) is 0 Å². The summed E-state index contributed by atoms with van der Waals surface area (Å²) in [6.07, 6.45) is 0. The van der Waals surface area contributed by atoms with Crippen LogP contribution in [0.5, 0.6) is 0 Å². The summed E-state index contributed by atoms with van der Waals surface area (Å²) >= 11 is 8.31. The zero-order valence-electron chi connectivity index (χ0n) is 5.35. The fraction of sp³-hybridized carbons (Fsp3) is 1.00. The molecule has 0 bridgehead atoms. The molecule has 0 aliphatic carbocycles. The molecule has 13 heavy (non-hydrogen) atoms. The molecule has 10 heteroatoms. The minimum absolute atomic E-state index is 4.16. The third-order valence-electron chi connectivity index (χ3n) is 0.761. The largest absolute Gasteiger partial charge is 0.419 e. The first-order chi connectivity index (χ1) is 5.37. The van der Waals surface area contributed by atoms with Gasteiger partial charge in [0.25, 0.3) is 4.33 Å². The molecular formula is C3Cl2F7P. The molecule has 80 valence electrons. The van der Waals surface area contributed by atoms with E-state index in [-0.39, 0.29) is 0 Å². The third-order valence-corrected chi connectivity index (χ3v) is 3.30. The molecule has 0 atom stereocenters. The van der Waals surface area contributed by atoms with Crippen molar-refractivity contribution in [1.82, 2.24) is 0 Å². The predicted octanol–water partition coefficient (Wildman–Crippen LogP) is 4.57. The number of rotatable bonds is 1. The van der Waals surface area contributed by atoms with E-state index in [1.165, 1.54) is 0 Å². The van der Waals surface area contributed by atoms with E-state index in [2.05, 4.69) is 23.2 Å². The summed E-state index contributed by atoms with van der Waals surface area (Å²) in [5, 5.41) is 0. The lowest BCUT2D eigenvalue weighted by molar-refractivity contribution is -0.0860. The highest BCUT2D eigenvalue weighted by atomic mass is 35.5. The molecule has 0 heterocycles. The summed E-state index contributed by atoms with van der Waals surface area (Å²) in [6.45, 7) is 0. The topological polar surface area (TPSA) is 0 Å². The van der Waals surface area contributed by atoms with Crippen molar-refractivity contribution in [3.05, 3.63) is 0 Å². The third kappa shape index (κ3) is 4.04. The predicted molar refractivity (Wildman–Crippen MR) is 34.6 cm³/mol. The monoisotopic (exact) mass is 270 g/mol. The first kappa shape index (κ1) is 13.5.